The van der Waals surface area contributed by atoms with E-state index in [4.69, 9.17) is 10.2 Å². The van der Waals surface area contributed by atoms with Gasteiger partial charge in [-0.3, -0.25) is 0 Å². The number of H-pyrrole nitrogens is 1. The molecule has 2 aromatic heterocycles. The molecule has 3 rings (SSSR count). The van der Waals surface area contributed by atoms with Crippen LogP contribution in [0.25, 0.3) is 22.2 Å². The first kappa shape index (κ1) is 11.0. The summed E-state index contributed by atoms with van der Waals surface area (Å²) in [4.78, 5) is 7.17. The van der Waals surface area contributed by atoms with Crippen molar-refractivity contribution in [3.63, 3.8) is 0 Å². The van der Waals surface area contributed by atoms with Crippen molar-refractivity contribution in [1.82, 2.24) is 9.97 Å². The molecule has 0 amide bonds. The normalized spacial score (nSPS) is 11.2. The van der Waals surface area contributed by atoms with Crippen molar-refractivity contribution >= 4 is 10.9 Å². The Balaban J connectivity index is 2.07. The molecule has 18 heavy (non-hydrogen) atoms. The minimum atomic E-state index is -0.266. The maximum absolute atomic E-state index is 13.1. The van der Waals surface area contributed by atoms with Gasteiger partial charge in [-0.05, 0) is 18.2 Å². The third kappa shape index (κ3) is 1.78. The number of benzene rings is 1. The van der Waals surface area contributed by atoms with E-state index in [1.54, 1.807) is 18.5 Å². The SMILES string of the molecule is NCCc1ncc(-c2c[nH]c3cc(F)ccc23)o1. The van der Waals surface area contributed by atoms with Gasteiger partial charge in [0.1, 0.15) is 5.82 Å². The molecule has 0 spiro atoms. The van der Waals surface area contributed by atoms with Crippen LogP contribution < -0.4 is 5.73 Å². The second kappa shape index (κ2) is 4.27. The maximum Gasteiger partial charge on any atom is 0.196 e. The van der Waals surface area contributed by atoms with Gasteiger partial charge in [0.05, 0.1) is 6.20 Å². The maximum atomic E-state index is 13.1. The van der Waals surface area contributed by atoms with E-state index >= 15 is 0 Å². The van der Waals surface area contributed by atoms with Gasteiger partial charge in [-0.25, -0.2) is 9.37 Å². The third-order valence-electron chi connectivity index (χ3n) is 2.82. The molecule has 3 aromatic rings. The van der Waals surface area contributed by atoms with Crippen LogP contribution in [0.15, 0.2) is 35.0 Å². The van der Waals surface area contributed by atoms with Crippen LogP contribution in [0.2, 0.25) is 0 Å². The summed E-state index contributed by atoms with van der Waals surface area (Å²) in [5.41, 5.74) is 7.06. The lowest BCUT2D eigenvalue weighted by Crippen LogP contribution is -2.02. The van der Waals surface area contributed by atoms with E-state index in [1.165, 1.54) is 12.1 Å². The van der Waals surface area contributed by atoms with E-state index in [1.807, 2.05) is 0 Å². The number of hydrogen-bond acceptors (Lipinski definition) is 3. The molecule has 5 heteroatoms. The standard InChI is InChI=1S/C13H12FN3O/c14-8-1-2-9-10(6-16-11(9)5-8)12-7-17-13(18-12)3-4-15/h1-2,5-7,16H,3-4,15H2. The van der Waals surface area contributed by atoms with E-state index in [0.717, 1.165) is 16.5 Å². The van der Waals surface area contributed by atoms with Gasteiger partial charge < -0.3 is 15.1 Å². The highest BCUT2D eigenvalue weighted by molar-refractivity contribution is 5.94. The lowest BCUT2D eigenvalue weighted by molar-refractivity contribution is 0.508. The second-order valence-corrected chi connectivity index (χ2v) is 4.05. The molecule has 3 N–H and O–H groups in total. The van der Waals surface area contributed by atoms with Crippen LogP contribution in [0, 0.1) is 5.82 Å². The Morgan fingerprint density at radius 1 is 1.39 bits per heavy atom. The number of aromatic nitrogens is 2. The summed E-state index contributed by atoms with van der Waals surface area (Å²) >= 11 is 0. The first-order valence-corrected chi connectivity index (χ1v) is 5.69. The predicted octanol–water partition coefficient (Wildman–Crippen LogP) is 2.46. The number of nitrogens with two attached hydrogens (primary N) is 1. The molecule has 92 valence electrons. The minimum Gasteiger partial charge on any atom is -0.441 e. The first-order chi connectivity index (χ1) is 8.78. The number of oxazole rings is 1. The van der Waals surface area contributed by atoms with Crippen molar-refractivity contribution in [3.8, 4) is 11.3 Å². The molecule has 0 aliphatic heterocycles. The number of fused-ring (bicyclic) bond motifs is 1. The van der Waals surface area contributed by atoms with Crippen molar-refractivity contribution in [2.75, 3.05) is 6.54 Å². The number of hydrogen-bond donors (Lipinski definition) is 2. The summed E-state index contributed by atoms with van der Waals surface area (Å²) in [6.07, 6.45) is 4.06. The predicted molar refractivity (Wildman–Crippen MR) is 66.5 cm³/mol. The summed E-state index contributed by atoms with van der Waals surface area (Å²) in [6.45, 7) is 0.499. The molecular weight excluding hydrogens is 233 g/mol. The Morgan fingerprint density at radius 3 is 3.11 bits per heavy atom. The molecule has 0 saturated carbocycles. The topological polar surface area (TPSA) is 67.8 Å². The quantitative estimate of drug-likeness (QED) is 0.744. The van der Waals surface area contributed by atoms with Crippen molar-refractivity contribution in [1.29, 1.82) is 0 Å². The third-order valence-corrected chi connectivity index (χ3v) is 2.82. The minimum absolute atomic E-state index is 0.266. The number of nitrogens with one attached hydrogen (secondary N) is 1. The summed E-state index contributed by atoms with van der Waals surface area (Å²) in [5, 5.41) is 0.909. The Morgan fingerprint density at radius 2 is 2.28 bits per heavy atom. The van der Waals surface area contributed by atoms with E-state index in [0.29, 0.717) is 24.6 Å². The van der Waals surface area contributed by atoms with Crippen LogP contribution in [0.4, 0.5) is 4.39 Å². The molecule has 0 radical (unpaired) electrons. The Bertz CT molecular complexity index is 686. The van der Waals surface area contributed by atoms with Crippen molar-refractivity contribution in [3.05, 3.63) is 42.3 Å². The Hall–Kier alpha value is -2.14. The number of aromatic amines is 1. The summed E-state index contributed by atoms with van der Waals surface area (Å²) in [5.74, 6) is 1.01. The van der Waals surface area contributed by atoms with Gasteiger partial charge in [0.25, 0.3) is 0 Å². The largest absolute Gasteiger partial charge is 0.441 e. The highest BCUT2D eigenvalue weighted by Gasteiger charge is 2.11. The van der Waals surface area contributed by atoms with Crippen LogP contribution in [0.3, 0.4) is 0 Å². The van der Waals surface area contributed by atoms with Gasteiger partial charge in [-0.2, -0.15) is 0 Å². The van der Waals surface area contributed by atoms with E-state index in [-0.39, 0.29) is 5.82 Å². The van der Waals surface area contributed by atoms with Gasteiger partial charge in [0.15, 0.2) is 11.7 Å². The molecule has 0 aliphatic carbocycles. The van der Waals surface area contributed by atoms with Gasteiger partial charge in [-0.1, -0.05) is 0 Å². The van der Waals surface area contributed by atoms with Crippen LogP contribution in [-0.2, 0) is 6.42 Å². The fraction of sp³-hybridized carbons (Fsp3) is 0.154. The van der Waals surface area contributed by atoms with Crippen LogP contribution in [-0.4, -0.2) is 16.5 Å². The lowest BCUT2D eigenvalue weighted by atomic mass is 10.1. The summed E-state index contributed by atoms with van der Waals surface area (Å²) < 4.78 is 18.7. The van der Waals surface area contributed by atoms with E-state index in [2.05, 4.69) is 9.97 Å². The van der Waals surface area contributed by atoms with Crippen LogP contribution in [0.1, 0.15) is 5.89 Å². The zero-order chi connectivity index (χ0) is 12.5. The van der Waals surface area contributed by atoms with Crippen LogP contribution in [0.5, 0.6) is 0 Å². The zero-order valence-electron chi connectivity index (χ0n) is 9.61. The van der Waals surface area contributed by atoms with Crippen LogP contribution >= 0.6 is 0 Å². The summed E-state index contributed by atoms with van der Waals surface area (Å²) in [7, 11) is 0. The molecule has 1 aromatic carbocycles. The fourth-order valence-electron chi connectivity index (χ4n) is 1.98. The first-order valence-electron chi connectivity index (χ1n) is 5.69. The van der Waals surface area contributed by atoms with Gasteiger partial charge in [-0.15, -0.1) is 0 Å². The molecular formula is C13H12FN3O. The molecule has 0 saturated heterocycles. The smallest absolute Gasteiger partial charge is 0.196 e. The van der Waals surface area contributed by atoms with E-state index < -0.39 is 0 Å². The second-order valence-electron chi connectivity index (χ2n) is 4.05. The molecule has 0 unspecified atom stereocenters. The average Bonchev–Trinajstić information content (AvgIpc) is 2.95. The van der Waals surface area contributed by atoms with Crippen molar-refractivity contribution in [2.24, 2.45) is 5.73 Å². The molecule has 4 nitrogen and oxygen atoms in total. The fourth-order valence-corrected chi connectivity index (χ4v) is 1.98. The highest BCUT2D eigenvalue weighted by Crippen LogP contribution is 2.29. The lowest BCUT2D eigenvalue weighted by Gasteiger charge is -1.94. The molecule has 0 fully saturated rings. The zero-order valence-corrected chi connectivity index (χ0v) is 9.61. The Labute approximate surface area is 103 Å². The van der Waals surface area contributed by atoms with Gasteiger partial charge in [0.2, 0.25) is 0 Å². The molecule has 0 bridgehead atoms. The monoisotopic (exact) mass is 245 g/mol. The average molecular weight is 245 g/mol. The molecule has 0 atom stereocenters. The van der Waals surface area contributed by atoms with Gasteiger partial charge >= 0.3 is 0 Å². The number of halogens is 1. The summed E-state index contributed by atoms with van der Waals surface area (Å²) in [6, 6.07) is 4.61. The molecule has 0 aliphatic rings. The molecule has 2 heterocycles. The van der Waals surface area contributed by atoms with Gasteiger partial charge in [0, 0.05) is 35.6 Å². The van der Waals surface area contributed by atoms with Crippen molar-refractivity contribution in [2.45, 2.75) is 6.42 Å². The number of nitrogens with zero attached hydrogens (tertiary/aromatic N) is 1. The highest BCUT2D eigenvalue weighted by atomic mass is 19.1. The Kier molecular flexibility index (Phi) is 2.60. The number of rotatable bonds is 3. The van der Waals surface area contributed by atoms with Crippen molar-refractivity contribution < 1.29 is 8.81 Å². The van der Waals surface area contributed by atoms with E-state index in [9.17, 15) is 4.39 Å².